The summed E-state index contributed by atoms with van der Waals surface area (Å²) >= 11 is 0. The molecule has 0 saturated carbocycles. The van der Waals surface area contributed by atoms with Crippen LogP contribution in [0.5, 0.6) is 5.88 Å². The number of anilines is 2. The van der Waals surface area contributed by atoms with E-state index < -0.39 is 9.84 Å². The molecular formula is C11H15N3O3S. The van der Waals surface area contributed by atoms with E-state index in [2.05, 4.69) is 10.3 Å². The summed E-state index contributed by atoms with van der Waals surface area (Å²) in [6.45, 7) is 2.31. The summed E-state index contributed by atoms with van der Waals surface area (Å²) in [5.74, 6) is 0.940. The predicted molar refractivity (Wildman–Crippen MR) is 70.2 cm³/mol. The number of pyridine rings is 1. The molecule has 6 nitrogen and oxygen atoms in total. The van der Waals surface area contributed by atoms with Crippen molar-refractivity contribution in [2.45, 2.75) is 13.0 Å². The predicted octanol–water partition coefficient (Wildman–Crippen LogP) is 0.785. The van der Waals surface area contributed by atoms with Crippen LogP contribution in [0.25, 0.3) is 0 Å². The van der Waals surface area contributed by atoms with Crippen molar-refractivity contribution in [2.24, 2.45) is 0 Å². The molecule has 0 saturated heterocycles. The third-order valence-electron chi connectivity index (χ3n) is 2.43. The summed E-state index contributed by atoms with van der Waals surface area (Å²) in [4.78, 5) is 4.19. The second-order valence-electron chi connectivity index (χ2n) is 3.93. The molecule has 0 amide bonds. The first-order valence-corrected chi connectivity index (χ1v) is 7.28. The number of ether oxygens (including phenoxy) is 1. The van der Waals surface area contributed by atoms with Gasteiger partial charge in [0.2, 0.25) is 5.88 Å². The third-order valence-corrected chi connectivity index (χ3v) is 3.83. The minimum atomic E-state index is -3.07. The molecule has 3 N–H and O–H groups in total. The maximum Gasteiger partial charge on any atom is 0.239 e. The minimum Gasteiger partial charge on any atom is -0.476 e. The zero-order valence-corrected chi connectivity index (χ0v) is 10.8. The Bertz CT molecular complexity index is 569. The zero-order chi connectivity index (χ0) is 13.2. The van der Waals surface area contributed by atoms with E-state index in [0.29, 0.717) is 24.0 Å². The van der Waals surface area contributed by atoms with Crippen LogP contribution < -0.4 is 15.8 Å². The van der Waals surface area contributed by atoms with Gasteiger partial charge in [0, 0.05) is 5.41 Å². The number of sulfone groups is 1. The number of hydrogen-bond acceptors (Lipinski definition) is 6. The molecule has 1 unspecified atom stereocenters. The molecule has 2 heterocycles. The van der Waals surface area contributed by atoms with Crippen molar-refractivity contribution < 1.29 is 13.2 Å². The van der Waals surface area contributed by atoms with Crippen molar-refractivity contribution in [3.63, 3.8) is 0 Å². The molecule has 1 aliphatic heterocycles. The number of aromatic nitrogens is 1. The fourth-order valence-electron chi connectivity index (χ4n) is 1.64. The molecule has 1 aromatic rings. The van der Waals surface area contributed by atoms with Gasteiger partial charge in [-0.25, -0.2) is 8.42 Å². The molecule has 1 aliphatic rings. The molecule has 0 spiro atoms. The van der Waals surface area contributed by atoms with E-state index in [1.165, 1.54) is 5.41 Å². The number of nitrogens with two attached hydrogens (primary N) is 1. The monoisotopic (exact) mass is 269 g/mol. The summed E-state index contributed by atoms with van der Waals surface area (Å²) in [7, 11) is -3.07. The van der Waals surface area contributed by atoms with Gasteiger partial charge in [-0.2, -0.15) is 4.98 Å². The lowest BCUT2D eigenvalue weighted by Gasteiger charge is -2.12. The topological polar surface area (TPSA) is 94.3 Å². The Labute approximate surface area is 106 Å². The van der Waals surface area contributed by atoms with Crippen LogP contribution in [0.1, 0.15) is 6.92 Å². The van der Waals surface area contributed by atoms with E-state index >= 15 is 0 Å². The Hall–Kier alpha value is -1.76. The van der Waals surface area contributed by atoms with E-state index in [9.17, 15) is 8.42 Å². The number of rotatable bonds is 4. The van der Waals surface area contributed by atoms with E-state index in [4.69, 9.17) is 10.5 Å². The minimum absolute atomic E-state index is 0.0447. The Morgan fingerprint density at radius 2 is 2.33 bits per heavy atom. The van der Waals surface area contributed by atoms with Crippen molar-refractivity contribution in [1.82, 2.24) is 4.98 Å². The van der Waals surface area contributed by atoms with Crippen LogP contribution in [-0.2, 0) is 9.84 Å². The van der Waals surface area contributed by atoms with Gasteiger partial charge >= 0.3 is 0 Å². The largest absolute Gasteiger partial charge is 0.476 e. The van der Waals surface area contributed by atoms with E-state index in [1.54, 1.807) is 18.2 Å². The van der Waals surface area contributed by atoms with Gasteiger partial charge < -0.3 is 15.8 Å². The van der Waals surface area contributed by atoms with Crippen LogP contribution >= 0.6 is 0 Å². The molecule has 2 rings (SSSR count). The maximum absolute atomic E-state index is 11.3. The highest BCUT2D eigenvalue weighted by atomic mass is 32.2. The summed E-state index contributed by atoms with van der Waals surface area (Å²) in [5.41, 5.74) is 6.16. The van der Waals surface area contributed by atoms with Gasteiger partial charge in [0.25, 0.3) is 0 Å². The first kappa shape index (κ1) is 12.7. The Morgan fingerprint density at radius 1 is 1.56 bits per heavy atom. The molecular weight excluding hydrogens is 254 g/mol. The van der Waals surface area contributed by atoms with Crippen LogP contribution in [-0.4, -0.2) is 31.8 Å². The molecule has 0 aromatic carbocycles. The van der Waals surface area contributed by atoms with Crippen molar-refractivity contribution in [2.75, 3.05) is 23.4 Å². The summed E-state index contributed by atoms with van der Waals surface area (Å²) in [6.07, 6.45) is 1.60. The van der Waals surface area contributed by atoms with Gasteiger partial charge in [0.05, 0.1) is 24.1 Å². The average molecular weight is 269 g/mol. The SMILES string of the molecule is CCOc1nc(NC2C=CS(=O)(=O)C2)ccc1N. The molecule has 7 heteroatoms. The Kier molecular flexibility index (Phi) is 3.42. The van der Waals surface area contributed by atoms with Gasteiger partial charge in [0.1, 0.15) is 5.82 Å². The molecule has 18 heavy (non-hydrogen) atoms. The fourth-order valence-corrected chi connectivity index (χ4v) is 2.87. The standard InChI is InChI=1S/C11H15N3O3S/c1-2-17-11-9(12)3-4-10(14-11)13-8-5-6-18(15,16)7-8/h3-6,8H,2,7,12H2,1H3,(H,13,14). The lowest BCUT2D eigenvalue weighted by Crippen LogP contribution is -2.21. The molecule has 0 bridgehead atoms. The Balaban J connectivity index is 2.11. The molecule has 1 aromatic heterocycles. The van der Waals surface area contributed by atoms with Gasteiger partial charge in [0.15, 0.2) is 9.84 Å². The second-order valence-corrected chi connectivity index (χ2v) is 5.86. The summed E-state index contributed by atoms with van der Waals surface area (Å²) in [6, 6.07) is 3.10. The summed E-state index contributed by atoms with van der Waals surface area (Å²) in [5, 5.41) is 4.22. The van der Waals surface area contributed by atoms with Crippen molar-refractivity contribution >= 4 is 21.3 Å². The van der Waals surface area contributed by atoms with Crippen LogP contribution in [0, 0.1) is 0 Å². The number of hydrogen-bond donors (Lipinski definition) is 2. The number of nitrogen functional groups attached to an aromatic ring is 1. The van der Waals surface area contributed by atoms with Crippen LogP contribution in [0.2, 0.25) is 0 Å². The van der Waals surface area contributed by atoms with E-state index in [0.717, 1.165) is 0 Å². The van der Waals surface area contributed by atoms with Crippen LogP contribution in [0.3, 0.4) is 0 Å². The number of nitrogens with one attached hydrogen (secondary N) is 1. The summed E-state index contributed by atoms with van der Waals surface area (Å²) < 4.78 is 27.8. The number of nitrogens with zero attached hydrogens (tertiary/aromatic N) is 1. The lowest BCUT2D eigenvalue weighted by atomic mass is 10.3. The fraction of sp³-hybridized carbons (Fsp3) is 0.364. The first-order valence-electron chi connectivity index (χ1n) is 5.57. The van der Waals surface area contributed by atoms with Gasteiger partial charge in [-0.05, 0) is 25.1 Å². The maximum atomic E-state index is 11.3. The molecule has 0 aliphatic carbocycles. The average Bonchev–Trinajstić information content (AvgIpc) is 2.63. The van der Waals surface area contributed by atoms with Gasteiger partial charge in [-0.3, -0.25) is 0 Å². The highest BCUT2D eigenvalue weighted by Crippen LogP contribution is 2.22. The molecule has 1 atom stereocenters. The van der Waals surface area contributed by atoms with E-state index in [-0.39, 0.29) is 11.8 Å². The quantitative estimate of drug-likeness (QED) is 0.839. The van der Waals surface area contributed by atoms with Gasteiger partial charge in [-0.1, -0.05) is 0 Å². The third kappa shape index (κ3) is 2.92. The molecule has 98 valence electrons. The van der Waals surface area contributed by atoms with E-state index in [1.807, 2.05) is 6.92 Å². The normalized spacial score (nSPS) is 20.8. The van der Waals surface area contributed by atoms with Crippen molar-refractivity contribution in [3.8, 4) is 5.88 Å². The molecule has 0 radical (unpaired) electrons. The first-order chi connectivity index (χ1) is 8.50. The van der Waals surface area contributed by atoms with Crippen molar-refractivity contribution in [3.05, 3.63) is 23.6 Å². The second kappa shape index (κ2) is 4.85. The highest BCUT2D eigenvalue weighted by Gasteiger charge is 2.21. The van der Waals surface area contributed by atoms with Crippen LogP contribution in [0.4, 0.5) is 11.5 Å². The Morgan fingerprint density at radius 3 is 2.94 bits per heavy atom. The zero-order valence-electron chi connectivity index (χ0n) is 9.96. The van der Waals surface area contributed by atoms with Crippen molar-refractivity contribution in [1.29, 1.82) is 0 Å². The van der Waals surface area contributed by atoms with Gasteiger partial charge in [-0.15, -0.1) is 0 Å². The highest BCUT2D eigenvalue weighted by molar-refractivity contribution is 7.94. The molecule has 0 fully saturated rings. The van der Waals surface area contributed by atoms with Crippen LogP contribution in [0.15, 0.2) is 23.6 Å². The lowest BCUT2D eigenvalue weighted by molar-refractivity contribution is 0.329. The smallest absolute Gasteiger partial charge is 0.239 e.